The summed E-state index contributed by atoms with van der Waals surface area (Å²) in [6.07, 6.45) is 2.76. The van der Waals surface area contributed by atoms with Crippen LogP contribution in [-0.2, 0) is 4.79 Å². The summed E-state index contributed by atoms with van der Waals surface area (Å²) in [6.45, 7) is 0. The third kappa shape index (κ3) is 2.55. The zero-order chi connectivity index (χ0) is 8.27. The molecule has 0 unspecified atom stereocenters. The van der Waals surface area contributed by atoms with Crippen molar-refractivity contribution in [2.75, 3.05) is 0 Å². The Balaban J connectivity index is 2.74. The van der Waals surface area contributed by atoms with Gasteiger partial charge in [-0.1, -0.05) is 17.7 Å². The molecule has 0 aliphatic carbocycles. The van der Waals surface area contributed by atoms with Gasteiger partial charge in [0.05, 0.1) is 6.42 Å². The highest BCUT2D eigenvalue weighted by atomic mass is 35.5. The highest BCUT2D eigenvalue weighted by molar-refractivity contribution is 6.29. The lowest BCUT2D eigenvalue weighted by molar-refractivity contribution is -0.114. The van der Waals surface area contributed by atoms with Crippen LogP contribution in [0.2, 0.25) is 5.15 Å². The zero-order valence-electron chi connectivity index (χ0n) is 5.62. The van der Waals surface area contributed by atoms with Crippen LogP contribution < -0.4 is 5.73 Å². The number of halogens is 1. The molecule has 2 N–H and O–H groups in total. The van der Waals surface area contributed by atoms with Gasteiger partial charge in [0, 0.05) is 6.20 Å². The third-order valence-electron chi connectivity index (χ3n) is 1.06. The van der Waals surface area contributed by atoms with Gasteiger partial charge in [0.2, 0.25) is 5.91 Å². The normalized spacial score (nSPS) is 9.55. The molecular formula is C7H6ClN2O. The van der Waals surface area contributed by atoms with E-state index in [4.69, 9.17) is 17.3 Å². The maximum absolute atomic E-state index is 10.4. The van der Waals surface area contributed by atoms with Crippen molar-refractivity contribution in [3.05, 3.63) is 35.5 Å². The molecule has 1 aromatic rings. The number of aromatic nitrogens is 1. The molecule has 11 heavy (non-hydrogen) atoms. The number of primary amides is 1. The van der Waals surface area contributed by atoms with E-state index in [0.717, 1.165) is 0 Å². The first-order valence-corrected chi connectivity index (χ1v) is 3.32. The second-order valence-electron chi connectivity index (χ2n) is 1.96. The highest BCUT2D eigenvalue weighted by Gasteiger charge is 1.98. The number of nitrogens with zero attached hydrogens (tertiary/aromatic N) is 1. The van der Waals surface area contributed by atoms with Crippen LogP contribution in [0.1, 0.15) is 5.56 Å². The van der Waals surface area contributed by atoms with Crippen molar-refractivity contribution >= 4 is 17.5 Å². The summed E-state index contributed by atoms with van der Waals surface area (Å²) < 4.78 is 0. The standard InChI is InChI=1S/C7H6ClN2O/c8-6-2-1-5(4-10-6)3-7(9)11/h1-4H,(H2,9,11). The molecule has 3 nitrogen and oxygen atoms in total. The first kappa shape index (κ1) is 8.01. The fraction of sp³-hybridized carbons (Fsp3) is 0. The minimum Gasteiger partial charge on any atom is -0.369 e. The van der Waals surface area contributed by atoms with Crippen LogP contribution in [0.5, 0.6) is 0 Å². The van der Waals surface area contributed by atoms with Gasteiger partial charge in [-0.05, 0) is 11.6 Å². The third-order valence-corrected chi connectivity index (χ3v) is 1.28. The van der Waals surface area contributed by atoms with Gasteiger partial charge in [0.1, 0.15) is 5.15 Å². The van der Waals surface area contributed by atoms with Crippen LogP contribution in [0.25, 0.3) is 0 Å². The molecule has 0 atom stereocenters. The lowest BCUT2D eigenvalue weighted by atomic mass is 10.2. The minimum absolute atomic E-state index is 0.395. The summed E-state index contributed by atoms with van der Waals surface area (Å²) >= 11 is 5.51. The molecule has 0 bridgehead atoms. The molecule has 0 aliphatic heterocycles. The summed E-state index contributed by atoms with van der Waals surface area (Å²) in [6, 6.07) is 3.26. The average molecular weight is 170 g/mol. The maximum Gasteiger partial charge on any atom is 0.226 e. The number of hydrogen-bond acceptors (Lipinski definition) is 2. The van der Waals surface area contributed by atoms with E-state index >= 15 is 0 Å². The smallest absolute Gasteiger partial charge is 0.226 e. The largest absolute Gasteiger partial charge is 0.369 e. The fourth-order valence-electron chi connectivity index (χ4n) is 0.637. The van der Waals surface area contributed by atoms with Crippen molar-refractivity contribution in [2.24, 2.45) is 5.73 Å². The fourth-order valence-corrected chi connectivity index (χ4v) is 0.749. The molecule has 0 fully saturated rings. The molecule has 0 saturated heterocycles. The molecular weight excluding hydrogens is 164 g/mol. The number of rotatable bonds is 2. The summed E-state index contributed by atoms with van der Waals surface area (Å²) in [5, 5.41) is 0.395. The maximum atomic E-state index is 10.4. The van der Waals surface area contributed by atoms with E-state index in [0.29, 0.717) is 10.7 Å². The van der Waals surface area contributed by atoms with Gasteiger partial charge >= 0.3 is 0 Å². The Hall–Kier alpha value is -1.09. The molecule has 1 heterocycles. The first-order chi connectivity index (χ1) is 5.18. The minimum atomic E-state index is -0.492. The summed E-state index contributed by atoms with van der Waals surface area (Å²) in [5.74, 6) is -0.492. The van der Waals surface area contributed by atoms with Crippen LogP contribution in [0.3, 0.4) is 0 Å². The number of hydrogen-bond donors (Lipinski definition) is 1. The highest BCUT2D eigenvalue weighted by Crippen LogP contribution is 2.06. The van der Waals surface area contributed by atoms with Crippen molar-refractivity contribution in [2.45, 2.75) is 0 Å². The Morgan fingerprint density at radius 3 is 2.82 bits per heavy atom. The van der Waals surface area contributed by atoms with Gasteiger partial charge in [0.15, 0.2) is 0 Å². The number of amides is 1. The van der Waals surface area contributed by atoms with E-state index in [1.807, 2.05) is 0 Å². The molecule has 0 aromatic carbocycles. The van der Waals surface area contributed by atoms with Crippen LogP contribution >= 0.6 is 11.6 Å². The number of carbonyl (C=O) groups excluding carboxylic acids is 1. The quantitative estimate of drug-likeness (QED) is 0.665. The van der Waals surface area contributed by atoms with Gasteiger partial charge in [0.25, 0.3) is 0 Å². The predicted octanol–water partition coefficient (Wildman–Crippen LogP) is 0.773. The molecule has 1 radical (unpaired) electrons. The molecule has 4 heteroatoms. The van der Waals surface area contributed by atoms with Crippen molar-refractivity contribution in [1.82, 2.24) is 4.98 Å². The Morgan fingerprint density at radius 2 is 2.36 bits per heavy atom. The SMILES string of the molecule is NC(=O)[CH]c1ccc(Cl)nc1. The lowest BCUT2D eigenvalue weighted by Crippen LogP contribution is -2.11. The molecule has 0 saturated carbocycles. The Morgan fingerprint density at radius 1 is 1.64 bits per heavy atom. The average Bonchev–Trinajstić information content (AvgIpc) is 1.93. The van der Waals surface area contributed by atoms with Gasteiger partial charge in [-0.2, -0.15) is 0 Å². The van der Waals surface area contributed by atoms with Crippen molar-refractivity contribution in [3.63, 3.8) is 0 Å². The monoisotopic (exact) mass is 169 g/mol. The van der Waals surface area contributed by atoms with Crippen LogP contribution in [0.4, 0.5) is 0 Å². The van der Waals surface area contributed by atoms with E-state index < -0.39 is 5.91 Å². The van der Waals surface area contributed by atoms with Gasteiger partial charge < -0.3 is 5.73 Å². The van der Waals surface area contributed by atoms with E-state index in [2.05, 4.69) is 4.98 Å². The number of pyridine rings is 1. The van der Waals surface area contributed by atoms with E-state index in [1.165, 1.54) is 12.6 Å². The first-order valence-electron chi connectivity index (χ1n) is 2.94. The van der Waals surface area contributed by atoms with Gasteiger partial charge in [-0.3, -0.25) is 4.79 Å². The molecule has 0 spiro atoms. The van der Waals surface area contributed by atoms with E-state index in [1.54, 1.807) is 12.1 Å². The molecule has 57 valence electrons. The van der Waals surface area contributed by atoms with Crippen LogP contribution in [-0.4, -0.2) is 10.9 Å². The second-order valence-corrected chi connectivity index (χ2v) is 2.35. The molecule has 1 rings (SSSR count). The number of nitrogens with two attached hydrogens (primary N) is 1. The van der Waals surface area contributed by atoms with Crippen molar-refractivity contribution in [3.8, 4) is 0 Å². The molecule has 1 aromatic heterocycles. The Kier molecular flexibility index (Phi) is 2.44. The number of carbonyl (C=O) groups is 1. The molecule has 0 aliphatic rings. The van der Waals surface area contributed by atoms with E-state index in [-0.39, 0.29) is 0 Å². The summed E-state index contributed by atoms with van der Waals surface area (Å²) in [4.78, 5) is 14.1. The topological polar surface area (TPSA) is 56.0 Å². The van der Waals surface area contributed by atoms with E-state index in [9.17, 15) is 4.79 Å². The lowest BCUT2D eigenvalue weighted by Gasteiger charge is -1.94. The second kappa shape index (κ2) is 3.34. The van der Waals surface area contributed by atoms with Crippen molar-refractivity contribution < 1.29 is 4.79 Å². The summed E-state index contributed by atoms with van der Waals surface area (Å²) in [5.41, 5.74) is 5.56. The Labute approximate surface area is 69.2 Å². The Bertz CT molecular complexity index is 258. The van der Waals surface area contributed by atoms with Crippen molar-refractivity contribution in [1.29, 1.82) is 0 Å². The van der Waals surface area contributed by atoms with Gasteiger partial charge in [-0.25, -0.2) is 4.98 Å². The zero-order valence-corrected chi connectivity index (χ0v) is 6.38. The summed E-state index contributed by atoms with van der Waals surface area (Å²) in [7, 11) is 0. The van der Waals surface area contributed by atoms with Gasteiger partial charge in [-0.15, -0.1) is 0 Å². The predicted molar refractivity (Wildman–Crippen MR) is 41.8 cm³/mol. The molecule has 1 amide bonds. The van der Waals surface area contributed by atoms with Crippen LogP contribution in [0, 0.1) is 6.42 Å². The van der Waals surface area contributed by atoms with Crippen LogP contribution in [0.15, 0.2) is 18.3 Å².